The molecular weight excluding hydrogens is 298 g/mol. The second-order valence-corrected chi connectivity index (χ2v) is 6.98. The highest BCUT2D eigenvalue weighted by atomic mass is 16.2. The van der Waals surface area contributed by atoms with Crippen LogP contribution in [0, 0.1) is 13.8 Å². The summed E-state index contributed by atoms with van der Waals surface area (Å²) >= 11 is 0. The number of aromatic nitrogens is 1. The lowest BCUT2D eigenvalue weighted by atomic mass is 10.0. The van der Waals surface area contributed by atoms with Gasteiger partial charge >= 0.3 is 0 Å². The largest absolute Gasteiger partial charge is 0.309 e. The fourth-order valence-corrected chi connectivity index (χ4v) is 3.62. The summed E-state index contributed by atoms with van der Waals surface area (Å²) in [5.41, 5.74) is 6.66. The van der Waals surface area contributed by atoms with Gasteiger partial charge in [-0.3, -0.25) is 9.78 Å². The van der Waals surface area contributed by atoms with Gasteiger partial charge in [0.2, 0.25) is 5.91 Å². The van der Waals surface area contributed by atoms with Gasteiger partial charge in [0.1, 0.15) is 0 Å². The SMILES string of the molecule is Cc1cc(C)cc(-c2cnc3c(c2)N(CCN2CCC2)C(=O)C3)c1. The van der Waals surface area contributed by atoms with E-state index in [1.807, 2.05) is 11.1 Å². The molecule has 4 heteroatoms. The van der Waals surface area contributed by atoms with Crippen LogP contribution >= 0.6 is 0 Å². The molecule has 2 aromatic rings. The second-order valence-electron chi connectivity index (χ2n) is 6.98. The Bertz CT molecular complexity index is 775. The van der Waals surface area contributed by atoms with Crippen LogP contribution in [-0.4, -0.2) is 42.0 Å². The van der Waals surface area contributed by atoms with Crippen molar-refractivity contribution >= 4 is 11.6 Å². The van der Waals surface area contributed by atoms with Gasteiger partial charge in [-0.15, -0.1) is 0 Å². The minimum absolute atomic E-state index is 0.176. The standard InChI is InChI=1S/C20H23N3O/c1-14-8-15(2)10-16(9-14)17-11-19-18(21-13-17)12-20(24)23(19)7-6-22-4-3-5-22/h8-11,13H,3-7,12H2,1-2H3. The zero-order valence-corrected chi connectivity index (χ0v) is 14.4. The van der Waals surface area contributed by atoms with E-state index in [1.54, 1.807) is 0 Å². The van der Waals surface area contributed by atoms with E-state index < -0.39 is 0 Å². The number of anilines is 1. The Morgan fingerprint density at radius 1 is 1.00 bits per heavy atom. The number of pyridine rings is 1. The van der Waals surface area contributed by atoms with Crippen molar-refractivity contribution < 1.29 is 4.79 Å². The first kappa shape index (κ1) is 15.3. The Balaban J connectivity index is 1.63. The monoisotopic (exact) mass is 321 g/mol. The smallest absolute Gasteiger partial charge is 0.233 e. The van der Waals surface area contributed by atoms with Gasteiger partial charge in [0, 0.05) is 24.8 Å². The summed E-state index contributed by atoms with van der Waals surface area (Å²) in [7, 11) is 0. The quantitative estimate of drug-likeness (QED) is 0.869. The fourth-order valence-electron chi connectivity index (χ4n) is 3.62. The highest BCUT2D eigenvalue weighted by Crippen LogP contribution is 2.32. The van der Waals surface area contributed by atoms with Gasteiger partial charge in [0.15, 0.2) is 0 Å². The molecule has 1 saturated heterocycles. The third-order valence-corrected chi connectivity index (χ3v) is 5.00. The molecule has 0 saturated carbocycles. The normalized spacial score (nSPS) is 17.1. The van der Waals surface area contributed by atoms with Crippen molar-refractivity contribution in [2.45, 2.75) is 26.7 Å². The third kappa shape index (κ3) is 2.82. The molecule has 0 aliphatic carbocycles. The molecule has 0 spiro atoms. The van der Waals surface area contributed by atoms with Crippen molar-refractivity contribution in [1.29, 1.82) is 0 Å². The third-order valence-electron chi connectivity index (χ3n) is 5.00. The Morgan fingerprint density at radius 3 is 2.42 bits per heavy atom. The lowest BCUT2D eigenvalue weighted by Crippen LogP contribution is -2.43. The van der Waals surface area contributed by atoms with Crippen LogP contribution in [0.3, 0.4) is 0 Å². The molecule has 0 bridgehead atoms. The molecule has 4 rings (SSSR count). The first-order valence-corrected chi connectivity index (χ1v) is 8.70. The number of hydrogen-bond acceptors (Lipinski definition) is 3. The number of carbonyl (C=O) groups excluding carboxylic acids is 1. The maximum Gasteiger partial charge on any atom is 0.233 e. The number of amides is 1. The molecular formula is C20H23N3O. The van der Waals surface area contributed by atoms with Crippen molar-refractivity contribution in [3.8, 4) is 11.1 Å². The van der Waals surface area contributed by atoms with E-state index in [1.165, 1.54) is 23.1 Å². The number of hydrogen-bond donors (Lipinski definition) is 0. The average molecular weight is 321 g/mol. The van der Waals surface area contributed by atoms with E-state index in [4.69, 9.17) is 0 Å². The lowest BCUT2D eigenvalue weighted by Gasteiger charge is -2.32. The van der Waals surface area contributed by atoms with Crippen LogP contribution in [0.1, 0.15) is 23.2 Å². The van der Waals surface area contributed by atoms with E-state index in [0.717, 1.165) is 43.1 Å². The number of aryl methyl sites for hydroxylation is 2. The Hall–Kier alpha value is -2.20. The number of carbonyl (C=O) groups is 1. The first-order valence-electron chi connectivity index (χ1n) is 8.70. The van der Waals surface area contributed by atoms with Crippen LogP contribution in [0.15, 0.2) is 30.5 Å². The van der Waals surface area contributed by atoms with E-state index in [9.17, 15) is 4.79 Å². The summed E-state index contributed by atoms with van der Waals surface area (Å²) in [6.45, 7) is 8.27. The van der Waals surface area contributed by atoms with E-state index >= 15 is 0 Å². The van der Waals surface area contributed by atoms with E-state index in [2.05, 4.69) is 48.0 Å². The van der Waals surface area contributed by atoms with Gasteiger partial charge in [0.25, 0.3) is 0 Å². The molecule has 3 heterocycles. The van der Waals surface area contributed by atoms with Gasteiger partial charge in [-0.25, -0.2) is 0 Å². The van der Waals surface area contributed by atoms with Crippen molar-refractivity contribution in [2.24, 2.45) is 0 Å². The first-order chi connectivity index (χ1) is 11.6. The zero-order valence-electron chi connectivity index (χ0n) is 14.4. The van der Waals surface area contributed by atoms with Crippen molar-refractivity contribution in [1.82, 2.24) is 9.88 Å². The number of fused-ring (bicyclic) bond motifs is 1. The molecule has 0 N–H and O–H groups in total. The maximum atomic E-state index is 12.4. The van der Waals surface area contributed by atoms with Gasteiger partial charge < -0.3 is 9.80 Å². The Kier molecular flexibility index (Phi) is 3.85. The van der Waals surface area contributed by atoms with Crippen LogP contribution in [0.4, 0.5) is 5.69 Å². The predicted molar refractivity (Wildman–Crippen MR) is 96.3 cm³/mol. The van der Waals surface area contributed by atoms with Crippen LogP contribution in [-0.2, 0) is 11.2 Å². The summed E-state index contributed by atoms with van der Waals surface area (Å²) in [5.74, 6) is 0.176. The average Bonchev–Trinajstić information content (AvgIpc) is 2.80. The molecule has 0 atom stereocenters. The summed E-state index contributed by atoms with van der Waals surface area (Å²) in [5, 5.41) is 0. The molecule has 2 aliphatic rings. The van der Waals surface area contributed by atoms with Crippen LogP contribution < -0.4 is 4.90 Å². The summed E-state index contributed by atoms with van der Waals surface area (Å²) < 4.78 is 0. The minimum atomic E-state index is 0.176. The summed E-state index contributed by atoms with van der Waals surface area (Å²) in [4.78, 5) is 21.3. The van der Waals surface area contributed by atoms with Gasteiger partial charge in [-0.1, -0.05) is 29.3 Å². The zero-order chi connectivity index (χ0) is 16.7. The van der Waals surface area contributed by atoms with E-state index in [0.29, 0.717) is 6.42 Å². The minimum Gasteiger partial charge on any atom is -0.309 e. The van der Waals surface area contributed by atoms with Crippen molar-refractivity contribution in [2.75, 3.05) is 31.1 Å². The number of rotatable bonds is 4. The molecule has 1 aromatic carbocycles. The molecule has 0 radical (unpaired) electrons. The number of benzene rings is 1. The highest BCUT2D eigenvalue weighted by molar-refractivity contribution is 6.01. The topological polar surface area (TPSA) is 36.4 Å². The molecule has 2 aliphatic heterocycles. The number of likely N-dealkylation sites (tertiary alicyclic amines) is 1. The number of nitrogens with zero attached hydrogens (tertiary/aromatic N) is 3. The van der Waals surface area contributed by atoms with Crippen LogP contribution in [0.25, 0.3) is 11.1 Å². The van der Waals surface area contributed by atoms with Gasteiger partial charge in [-0.05, 0) is 45.0 Å². The Labute approximate surface area is 143 Å². The highest BCUT2D eigenvalue weighted by Gasteiger charge is 2.29. The second kappa shape index (κ2) is 6.02. The Morgan fingerprint density at radius 2 is 1.75 bits per heavy atom. The van der Waals surface area contributed by atoms with E-state index in [-0.39, 0.29) is 5.91 Å². The van der Waals surface area contributed by atoms with Gasteiger partial charge in [0.05, 0.1) is 17.8 Å². The molecule has 1 fully saturated rings. The fraction of sp³-hybridized carbons (Fsp3) is 0.400. The van der Waals surface area contributed by atoms with Crippen molar-refractivity contribution in [3.05, 3.63) is 47.3 Å². The van der Waals surface area contributed by atoms with Crippen LogP contribution in [0.5, 0.6) is 0 Å². The molecule has 1 amide bonds. The molecule has 124 valence electrons. The molecule has 1 aromatic heterocycles. The molecule has 0 unspecified atom stereocenters. The lowest BCUT2D eigenvalue weighted by molar-refractivity contribution is -0.117. The summed E-state index contributed by atoms with van der Waals surface area (Å²) in [6.07, 6.45) is 3.62. The molecule has 4 nitrogen and oxygen atoms in total. The van der Waals surface area contributed by atoms with Crippen molar-refractivity contribution in [3.63, 3.8) is 0 Å². The predicted octanol–water partition coefficient (Wildman–Crippen LogP) is 2.96. The molecule has 24 heavy (non-hydrogen) atoms. The maximum absolute atomic E-state index is 12.4. The van der Waals surface area contributed by atoms with Crippen LogP contribution in [0.2, 0.25) is 0 Å². The summed E-state index contributed by atoms with van der Waals surface area (Å²) in [6, 6.07) is 8.67. The van der Waals surface area contributed by atoms with Gasteiger partial charge in [-0.2, -0.15) is 0 Å².